The van der Waals surface area contributed by atoms with E-state index in [9.17, 15) is 24.0 Å². The fourth-order valence-electron chi connectivity index (χ4n) is 6.17. The minimum absolute atomic E-state index is 0.00774. The predicted molar refractivity (Wildman–Crippen MR) is 162 cm³/mol. The number of likely N-dealkylation sites (N-methyl/N-ethyl adjacent to an activating group) is 2. The lowest BCUT2D eigenvalue weighted by Gasteiger charge is -2.39. The highest BCUT2D eigenvalue weighted by Crippen LogP contribution is 2.29. The van der Waals surface area contributed by atoms with Crippen LogP contribution in [0.3, 0.4) is 0 Å². The largest absolute Gasteiger partial charge is 0.480 e. The predicted octanol–water partition coefficient (Wildman–Crippen LogP) is 0.810. The molecular formula is C30H55N5O8. The first-order valence-corrected chi connectivity index (χ1v) is 15.2. The van der Waals surface area contributed by atoms with E-state index in [1.54, 1.807) is 23.8 Å². The second-order valence-corrected chi connectivity index (χ2v) is 12.1. The Balaban J connectivity index is 3.06. The first-order chi connectivity index (χ1) is 20.1. The van der Waals surface area contributed by atoms with Crippen LogP contribution in [0.25, 0.3) is 0 Å². The maximum absolute atomic E-state index is 13.7. The lowest BCUT2D eigenvalue weighted by atomic mass is 9.90. The van der Waals surface area contributed by atoms with E-state index in [-0.39, 0.29) is 54.6 Å². The van der Waals surface area contributed by atoms with Gasteiger partial charge in [0, 0.05) is 27.8 Å². The normalized spacial score (nSPS) is 19.3. The van der Waals surface area contributed by atoms with E-state index in [2.05, 4.69) is 10.6 Å². The summed E-state index contributed by atoms with van der Waals surface area (Å²) >= 11 is 0. The van der Waals surface area contributed by atoms with Gasteiger partial charge in [-0.25, -0.2) is 0 Å². The van der Waals surface area contributed by atoms with Crippen LogP contribution in [0, 0.1) is 17.8 Å². The van der Waals surface area contributed by atoms with Crippen molar-refractivity contribution in [1.29, 1.82) is 0 Å². The Morgan fingerprint density at radius 2 is 1.56 bits per heavy atom. The summed E-state index contributed by atoms with van der Waals surface area (Å²) < 4.78 is 11.5. The number of nitrogens with zero attached hydrogens (tertiary/aromatic N) is 3. The molecule has 1 rings (SSSR count). The summed E-state index contributed by atoms with van der Waals surface area (Å²) in [6.45, 7) is 9.39. The van der Waals surface area contributed by atoms with E-state index >= 15 is 0 Å². The molecule has 1 saturated heterocycles. The zero-order valence-corrected chi connectivity index (χ0v) is 27.7. The molecule has 1 aliphatic rings. The zero-order chi connectivity index (χ0) is 33.0. The van der Waals surface area contributed by atoms with Crippen LogP contribution in [-0.2, 0) is 33.4 Å². The van der Waals surface area contributed by atoms with E-state index in [0.29, 0.717) is 13.0 Å². The van der Waals surface area contributed by atoms with Gasteiger partial charge in [-0.1, -0.05) is 41.0 Å². The molecule has 0 radical (unpaired) electrons. The Morgan fingerprint density at radius 3 is 2.05 bits per heavy atom. The van der Waals surface area contributed by atoms with Crippen LogP contribution in [0.5, 0.6) is 0 Å². The van der Waals surface area contributed by atoms with Crippen LogP contribution in [0.4, 0.5) is 0 Å². The summed E-state index contributed by atoms with van der Waals surface area (Å²) in [6.07, 6.45) is 0.870. The number of ether oxygens (including phenoxy) is 2. The van der Waals surface area contributed by atoms with Crippen molar-refractivity contribution in [2.24, 2.45) is 17.8 Å². The molecule has 4 amide bonds. The lowest BCUT2D eigenvalue weighted by molar-refractivity contribution is -0.146. The van der Waals surface area contributed by atoms with Gasteiger partial charge in [0.2, 0.25) is 23.6 Å². The van der Waals surface area contributed by atoms with Crippen molar-refractivity contribution in [2.75, 3.05) is 55.0 Å². The smallest absolute Gasteiger partial charge is 0.322 e. The Kier molecular flexibility index (Phi) is 16.1. The Hall–Kier alpha value is -2.77. The van der Waals surface area contributed by atoms with Crippen molar-refractivity contribution in [1.82, 2.24) is 25.3 Å². The van der Waals surface area contributed by atoms with E-state index < -0.39 is 42.6 Å². The third-order valence-electron chi connectivity index (χ3n) is 8.59. The molecule has 0 aliphatic carbocycles. The van der Waals surface area contributed by atoms with Crippen molar-refractivity contribution in [2.45, 2.75) is 90.6 Å². The molecule has 0 aromatic heterocycles. The van der Waals surface area contributed by atoms with Gasteiger partial charge in [0.1, 0.15) is 6.54 Å². The quantitative estimate of drug-likeness (QED) is 0.203. The summed E-state index contributed by atoms with van der Waals surface area (Å²) in [4.78, 5) is 68.4. The molecule has 0 bridgehead atoms. The van der Waals surface area contributed by atoms with Crippen LogP contribution in [0.15, 0.2) is 0 Å². The fraction of sp³-hybridized carbons (Fsp3) is 0.833. The molecule has 0 aromatic carbocycles. The van der Waals surface area contributed by atoms with Gasteiger partial charge in [-0.05, 0) is 38.8 Å². The molecule has 13 heteroatoms. The second kappa shape index (κ2) is 18.1. The molecule has 1 heterocycles. The molecule has 1 fully saturated rings. The Labute approximate surface area is 257 Å². The third kappa shape index (κ3) is 10.7. The number of rotatable bonds is 18. The SMILES string of the molecule is CC[C@H](C)[C@@H]([C@@H](CC(=O)N1CCC[C@H]1[C@H](OC)[C@@H](C)C(=O)NCC(=O)O)OC)N(C)C(=O)CNC(=O)C(C(C)C)N(C)C. The molecular weight excluding hydrogens is 558 g/mol. The van der Waals surface area contributed by atoms with Gasteiger partial charge in [0.15, 0.2) is 0 Å². The van der Waals surface area contributed by atoms with Crippen molar-refractivity contribution in [3.8, 4) is 0 Å². The monoisotopic (exact) mass is 613 g/mol. The summed E-state index contributed by atoms with van der Waals surface area (Å²) in [5, 5.41) is 14.1. The highest BCUT2D eigenvalue weighted by atomic mass is 16.5. The first-order valence-electron chi connectivity index (χ1n) is 15.2. The average Bonchev–Trinajstić information content (AvgIpc) is 3.43. The van der Waals surface area contributed by atoms with Crippen molar-refractivity contribution >= 4 is 29.6 Å². The molecule has 7 atom stereocenters. The topological polar surface area (TPSA) is 158 Å². The van der Waals surface area contributed by atoms with Gasteiger partial charge < -0.3 is 35.0 Å². The number of carbonyl (C=O) groups is 5. The van der Waals surface area contributed by atoms with Crippen LogP contribution < -0.4 is 10.6 Å². The second-order valence-electron chi connectivity index (χ2n) is 12.1. The minimum Gasteiger partial charge on any atom is -0.480 e. The molecule has 248 valence electrons. The van der Waals surface area contributed by atoms with Crippen molar-refractivity contribution in [3.63, 3.8) is 0 Å². The fourth-order valence-corrected chi connectivity index (χ4v) is 6.17. The molecule has 1 unspecified atom stereocenters. The summed E-state index contributed by atoms with van der Waals surface area (Å²) in [5.74, 6) is -2.92. The van der Waals surface area contributed by atoms with Crippen LogP contribution in [0.2, 0.25) is 0 Å². The lowest BCUT2D eigenvalue weighted by Crippen LogP contribution is -2.55. The number of amides is 4. The third-order valence-corrected chi connectivity index (χ3v) is 8.59. The zero-order valence-electron chi connectivity index (χ0n) is 27.7. The maximum Gasteiger partial charge on any atom is 0.322 e. The molecule has 0 aromatic rings. The number of hydrogen-bond donors (Lipinski definition) is 3. The number of carboxylic acids is 1. The van der Waals surface area contributed by atoms with Gasteiger partial charge in [-0.15, -0.1) is 0 Å². The number of hydrogen-bond acceptors (Lipinski definition) is 8. The van der Waals surface area contributed by atoms with Crippen LogP contribution in [0.1, 0.15) is 60.3 Å². The van der Waals surface area contributed by atoms with Gasteiger partial charge in [0.25, 0.3) is 0 Å². The summed E-state index contributed by atoms with van der Waals surface area (Å²) in [6, 6.07) is -1.18. The standard InChI is InChI=1S/C30H55N5O8/c1-11-19(4)27(34(8)24(37)16-31-30(41)26(18(2)3)33(6)7)22(42-9)15-23(36)35-14-12-13-21(35)28(43-10)20(5)29(40)32-17-25(38)39/h18-22,26-28H,11-17H2,1-10H3,(H,31,41)(H,32,40)(H,38,39)/t19-,20+,21-,22+,26?,27-,28+/m0/s1. The number of nitrogens with one attached hydrogen (secondary N) is 2. The maximum atomic E-state index is 13.7. The Morgan fingerprint density at radius 1 is 0.953 bits per heavy atom. The van der Waals surface area contributed by atoms with Crippen molar-refractivity contribution in [3.05, 3.63) is 0 Å². The highest BCUT2D eigenvalue weighted by Gasteiger charge is 2.42. The number of carboxylic acid groups (broad SMARTS) is 1. The molecule has 43 heavy (non-hydrogen) atoms. The number of likely N-dealkylation sites (tertiary alicyclic amines) is 1. The molecule has 0 spiro atoms. The molecule has 0 saturated carbocycles. The van der Waals surface area contributed by atoms with Crippen LogP contribution >= 0.6 is 0 Å². The first kappa shape index (κ1) is 38.3. The molecule has 1 aliphatic heterocycles. The van der Waals surface area contributed by atoms with E-state index in [4.69, 9.17) is 14.6 Å². The van der Waals surface area contributed by atoms with Crippen molar-refractivity contribution < 1.29 is 38.6 Å². The number of methoxy groups -OCH3 is 2. The van der Waals surface area contributed by atoms with E-state index in [0.717, 1.165) is 12.8 Å². The highest BCUT2D eigenvalue weighted by molar-refractivity contribution is 5.88. The van der Waals surface area contributed by atoms with Gasteiger partial charge in [-0.2, -0.15) is 0 Å². The summed E-state index contributed by atoms with van der Waals surface area (Å²) in [5.41, 5.74) is 0. The molecule has 3 N–H and O–H groups in total. The van der Waals surface area contributed by atoms with E-state index in [1.165, 1.54) is 14.2 Å². The average molecular weight is 614 g/mol. The van der Waals surface area contributed by atoms with E-state index in [1.807, 2.05) is 46.7 Å². The molecule has 13 nitrogen and oxygen atoms in total. The van der Waals surface area contributed by atoms with Crippen LogP contribution in [-0.4, -0.2) is 135 Å². The number of carbonyl (C=O) groups excluding carboxylic acids is 4. The van der Waals surface area contributed by atoms with Gasteiger partial charge in [0.05, 0.1) is 49.2 Å². The Bertz CT molecular complexity index is 938. The minimum atomic E-state index is -1.15. The van der Waals surface area contributed by atoms with Gasteiger partial charge >= 0.3 is 5.97 Å². The number of aliphatic carboxylic acids is 1. The van der Waals surface area contributed by atoms with Gasteiger partial charge in [-0.3, -0.25) is 28.9 Å². The summed E-state index contributed by atoms with van der Waals surface area (Å²) in [7, 11) is 8.32.